The number of nitrogens with zero attached hydrogens (tertiary/aromatic N) is 1. The van der Waals surface area contributed by atoms with Crippen molar-refractivity contribution in [3.05, 3.63) is 70.2 Å². The van der Waals surface area contributed by atoms with Gasteiger partial charge in [0.1, 0.15) is 0 Å². The molecule has 0 spiro atoms. The molecule has 1 unspecified atom stereocenters. The van der Waals surface area contributed by atoms with E-state index in [0.29, 0.717) is 29.1 Å². The molecule has 1 aliphatic rings. The first-order valence-corrected chi connectivity index (χ1v) is 10.3. The number of carbonyl (C=O) groups is 1. The molecule has 0 bridgehead atoms. The van der Waals surface area contributed by atoms with E-state index in [9.17, 15) is 13.2 Å². The first-order valence-electron chi connectivity index (χ1n) is 8.20. The number of hydrogen-bond donors (Lipinski definition) is 0. The maximum Gasteiger partial charge on any atom is 0.253 e. The number of aryl methyl sites for hydroxylation is 1. The van der Waals surface area contributed by atoms with Crippen molar-refractivity contribution in [2.45, 2.75) is 18.6 Å². The SMILES string of the molecule is Cc1cccc(C(=O)N2CCC(c3ccccc3Cl)S(=O)(=O)CC2)c1. The van der Waals surface area contributed by atoms with Crippen LogP contribution in [-0.2, 0) is 9.84 Å². The van der Waals surface area contributed by atoms with Crippen molar-refractivity contribution in [1.29, 1.82) is 0 Å². The lowest BCUT2D eigenvalue weighted by atomic mass is 10.1. The van der Waals surface area contributed by atoms with Crippen molar-refractivity contribution < 1.29 is 13.2 Å². The van der Waals surface area contributed by atoms with E-state index in [1.165, 1.54) is 0 Å². The van der Waals surface area contributed by atoms with Gasteiger partial charge in [0.05, 0.1) is 11.0 Å². The third kappa shape index (κ3) is 3.88. The molecule has 1 heterocycles. The van der Waals surface area contributed by atoms with Crippen LogP contribution in [0.2, 0.25) is 5.02 Å². The van der Waals surface area contributed by atoms with E-state index in [4.69, 9.17) is 11.6 Å². The molecule has 1 amide bonds. The van der Waals surface area contributed by atoms with Crippen molar-refractivity contribution >= 4 is 27.3 Å². The van der Waals surface area contributed by atoms with Gasteiger partial charge in [-0.15, -0.1) is 0 Å². The molecule has 1 fully saturated rings. The lowest BCUT2D eigenvalue weighted by molar-refractivity contribution is 0.0766. The van der Waals surface area contributed by atoms with Crippen LogP contribution in [0, 0.1) is 6.92 Å². The van der Waals surface area contributed by atoms with Crippen LogP contribution in [0.4, 0.5) is 0 Å². The number of amides is 1. The second-order valence-electron chi connectivity index (χ2n) is 6.33. The molecule has 2 aromatic rings. The van der Waals surface area contributed by atoms with Crippen LogP contribution in [0.1, 0.15) is 33.2 Å². The highest BCUT2D eigenvalue weighted by Gasteiger charge is 2.33. The molecule has 1 saturated heterocycles. The van der Waals surface area contributed by atoms with Crippen molar-refractivity contribution in [2.24, 2.45) is 0 Å². The molecule has 0 aromatic heterocycles. The Morgan fingerprint density at radius 2 is 1.88 bits per heavy atom. The van der Waals surface area contributed by atoms with Gasteiger partial charge < -0.3 is 4.90 Å². The molecular weight excluding hydrogens is 358 g/mol. The van der Waals surface area contributed by atoms with Gasteiger partial charge in [-0.2, -0.15) is 0 Å². The predicted octanol–water partition coefficient (Wildman–Crippen LogP) is 3.65. The summed E-state index contributed by atoms with van der Waals surface area (Å²) in [5.74, 6) is -0.181. The minimum Gasteiger partial charge on any atom is -0.338 e. The van der Waals surface area contributed by atoms with Crippen LogP contribution in [0.25, 0.3) is 0 Å². The van der Waals surface area contributed by atoms with E-state index in [1.807, 2.05) is 25.1 Å². The zero-order valence-corrected chi connectivity index (χ0v) is 15.6. The summed E-state index contributed by atoms with van der Waals surface area (Å²) in [6, 6.07) is 14.4. The second-order valence-corrected chi connectivity index (χ2v) is 9.04. The van der Waals surface area contributed by atoms with Gasteiger partial charge in [0.2, 0.25) is 0 Å². The number of carbonyl (C=O) groups excluding carboxylic acids is 1. The van der Waals surface area contributed by atoms with E-state index in [2.05, 4.69) is 0 Å². The normalized spacial score (nSPS) is 20.1. The van der Waals surface area contributed by atoms with Crippen LogP contribution in [0.5, 0.6) is 0 Å². The standard InChI is InChI=1S/C19H20ClNO3S/c1-14-5-4-6-15(13-14)19(22)21-10-9-18(25(23,24)12-11-21)16-7-2-3-8-17(16)20/h2-8,13,18H,9-12H2,1H3. The molecule has 3 rings (SSSR count). The molecule has 0 N–H and O–H groups in total. The molecule has 25 heavy (non-hydrogen) atoms. The highest BCUT2D eigenvalue weighted by molar-refractivity contribution is 7.91. The number of rotatable bonds is 2. The van der Waals surface area contributed by atoms with E-state index in [-0.39, 0.29) is 18.2 Å². The smallest absolute Gasteiger partial charge is 0.253 e. The van der Waals surface area contributed by atoms with Gasteiger partial charge in [0.15, 0.2) is 9.84 Å². The summed E-state index contributed by atoms with van der Waals surface area (Å²) in [6.45, 7) is 2.52. The van der Waals surface area contributed by atoms with E-state index in [1.54, 1.807) is 35.2 Å². The molecule has 0 aliphatic carbocycles. The topological polar surface area (TPSA) is 54.5 Å². The van der Waals surface area contributed by atoms with Crippen LogP contribution >= 0.6 is 11.6 Å². The largest absolute Gasteiger partial charge is 0.338 e. The Morgan fingerprint density at radius 1 is 1.12 bits per heavy atom. The number of hydrogen-bond acceptors (Lipinski definition) is 3. The van der Waals surface area contributed by atoms with Gasteiger partial charge in [-0.25, -0.2) is 8.42 Å². The Kier molecular flexibility index (Phi) is 5.16. The molecule has 0 saturated carbocycles. The number of sulfone groups is 1. The van der Waals surface area contributed by atoms with Gasteiger partial charge in [-0.3, -0.25) is 4.79 Å². The maximum atomic E-state index is 12.7. The number of halogens is 1. The van der Waals surface area contributed by atoms with Gasteiger partial charge in [-0.05, 0) is 37.1 Å². The molecule has 2 aromatic carbocycles. The second kappa shape index (κ2) is 7.18. The zero-order valence-electron chi connectivity index (χ0n) is 14.0. The van der Waals surface area contributed by atoms with Crippen LogP contribution < -0.4 is 0 Å². The molecule has 6 heteroatoms. The van der Waals surface area contributed by atoms with Crippen molar-refractivity contribution in [1.82, 2.24) is 4.90 Å². The lowest BCUT2D eigenvalue weighted by Gasteiger charge is -2.20. The quantitative estimate of drug-likeness (QED) is 0.802. The van der Waals surface area contributed by atoms with Crippen molar-refractivity contribution in [3.8, 4) is 0 Å². The summed E-state index contributed by atoms with van der Waals surface area (Å²) < 4.78 is 25.4. The van der Waals surface area contributed by atoms with Crippen LogP contribution in [-0.4, -0.2) is 38.1 Å². The fourth-order valence-electron chi connectivity index (χ4n) is 3.19. The highest BCUT2D eigenvalue weighted by atomic mass is 35.5. The van der Waals surface area contributed by atoms with E-state index >= 15 is 0 Å². The minimum absolute atomic E-state index is 0.0551. The van der Waals surface area contributed by atoms with Crippen LogP contribution in [0.15, 0.2) is 48.5 Å². The molecule has 0 radical (unpaired) electrons. The maximum absolute atomic E-state index is 12.7. The Hall–Kier alpha value is -1.85. The fourth-order valence-corrected chi connectivity index (χ4v) is 5.34. The monoisotopic (exact) mass is 377 g/mol. The Bertz CT molecular complexity index is 895. The zero-order chi connectivity index (χ0) is 18.0. The summed E-state index contributed by atoms with van der Waals surface area (Å²) >= 11 is 6.21. The average Bonchev–Trinajstić information content (AvgIpc) is 2.73. The van der Waals surface area contributed by atoms with E-state index in [0.717, 1.165) is 5.56 Å². The molecule has 132 valence electrons. The summed E-state index contributed by atoms with van der Waals surface area (Å²) in [4.78, 5) is 14.4. The summed E-state index contributed by atoms with van der Waals surface area (Å²) in [6.07, 6.45) is 0.351. The van der Waals surface area contributed by atoms with Crippen LogP contribution in [0.3, 0.4) is 0 Å². The van der Waals surface area contributed by atoms with Gasteiger partial charge >= 0.3 is 0 Å². The Balaban J connectivity index is 1.85. The van der Waals surface area contributed by atoms with Gasteiger partial charge in [0.25, 0.3) is 5.91 Å². The first kappa shape index (κ1) is 18.0. The fraction of sp³-hybridized carbons (Fsp3) is 0.316. The van der Waals surface area contributed by atoms with Gasteiger partial charge in [0, 0.05) is 23.7 Å². The minimum atomic E-state index is -3.37. The Labute approximate surface area is 153 Å². The molecule has 1 aliphatic heterocycles. The van der Waals surface area contributed by atoms with Gasteiger partial charge in [-0.1, -0.05) is 47.5 Å². The predicted molar refractivity (Wildman–Crippen MR) is 99.7 cm³/mol. The summed E-state index contributed by atoms with van der Waals surface area (Å²) in [5, 5.41) is -0.217. The van der Waals surface area contributed by atoms with E-state index < -0.39 is 15.1 Å². The average molecular weight is 378 g/mol. The third-order valence-corrected chi connectivity index (χ3v) is 7.00. The van der Waals surface area contributed by atoms with Crippen molar-refractivity contribution in [3.63, 3.8) is 0 Å². The first-order chi connectivity index (χ1) is 11.9. The molecule has 1 atom stereocenters. The highest BCUT2D eigenvalue weighted by Crippen LogP contribution is 2.34. The lowest BCUT2D eigenvalue weighted by Crippen LogP contribution is -2.33. The van der Waals surface area contributed by atoms with Crippen molar-refractivity contribution in [2.75, 3.05) is 18.8 Å². The summed E-state index contributed by atoms with van der Waals surface area (Å²) in [5.41, 5.74) is 2.21. The summed E-state index contributed by atoms with van der Waals surface area (Å²) in [7, 11) is -3.37. The Morgan fingerprint density at radius 3 is 2.60 bits per heavy atom. The molecular formula is C19H20ClNO3S. The number of benzene rings is 2. The third-order valence-electron chi connectivity index (χ3n) is 4.54. The molecule has 4 nitrogen and oxygen atoms in total.